The second-order valence-electron chi connectivity index (χ2n) is 7.11. The van der Waals surface area contributed by atoms with Crippen LogP contribution in [0.2, 0.25) is 0 Å². The standard InChI is InChI=1S/C19H27N3O2.ClH/c1-2-14-5-7-16(8-6-14)22-12-15(11-17(22)23)18(24)21-19(13-20)9-3-4-10-19;/h5-8,15H,2-4,9-13,20H2,1H3,(H,21,24);1H. The van der Waals surface area contributed by atoms with Gasteiger partial charge in [0.25, 0.3) is 0 Å². The van der Waals surface area contributed by atoms with Crippen molar-refractivity contribution in [3.63, 3.8) is 0 Å². The molecule has 0 radical (unpaired) electrons. The van der Waals surface area contributed by atoms with Crippen LogP contribution >= 0.6 is 12.4 Å². The first-order valence-corrected chi connectivity index (χ1v) is 8.98. The molecule has 3 rings (SSSR count). The number of amides is 2. The van der Waals surface area contributed by atoms with Crippen LogP contribution in [0.4, 0.5) is 5.69 Å². The van der Waals surface area contributed by atoms with Gasteiger partial charge in [-0.05, 0) is 37.0 Å². The molecule has 1 saturated heterocycles. The topological polar surface area (TPSA) is 75.4 Å². The number of hydrogen-bond donors (Lipinski definition) is 2. The molecule has 3 N–H and O–H groups in total. The molecule has 1 aromatic carbocycles. The van der Waals surface area contributed by atoms with Crippen LogP contribution in [0.25, 0.3) is 0 Å². The third kappa shape index (κ3) is 4.15. The molecule has 2 aliphatic rings. The zero-order valence-electron chi connectivity index (χ0n) is 14.8. The molecule has 1 unspecified atom stereocenters. The van der Waals surface area contributed by atoms with Crippen molar-refractivity contribution in [2.24, 2.45) is 11.7 Å². The number of nitrogens with two attached hydrogens (primary N) is 1. The van der Waals surface area contributed by atoms with Crippen LogP contribution < -0.4 is 16.0 Å². The highest BCUT2D eigenvalue weighted by molar-refractivity contribution is 6.00. The number of nitrogens with zero attached hydrogens (tertiary/aromatic N) is 1. The summed E-state index contributed by atoms with van der Waals surface area (Å²) >= 11 is 0. The highest BCUT2D eigenvalue weighted by Crippen LogP contribution is 2.31. The minimum atomic E-state index is -0.285. The molecule has 0 bridgehead atoms. The number of halogens is 1. The van der Waals surface area contributed by atoms with E-state index < -0.39 is 0 Å². The fraction of sp³-hybridized carbons (Fsp3) is 0.579. The van der Waals surface area contributed by atoms with E-state index in [-0.39, 0.29) is 42.1 Å². The minimum Gasteiger partial charge on any atom is -0.349 e. The summed E-state index contributed by atoms with van der Waals surface area (Å²) in [6.07, 6.45) is 5.35. The number of hydrogen-bond acceptors (Lipinski definition) is 3. The lowest BCUT2D eigenvalue weighted by atomic mass is 9.96. The maximum absolute atomic E-state index is 12.6. The zero-order chi connectivity index (χ0) is 17.2. The monoisotopic (exact) mass is 365 g/mol. The molecule has 1 aliphatic heterocycles. The van der Waals surface area contributed by atoms with E-state index in [1.54, 1.807) is 4.90 Å². The first kappa shape index (κ1) is 19.7. The summed E-state index contributed by atoms with van der Waals surface area (Å²) < 4.78 is 0. The van der Waals surface area contributed by atoms with Gasteiger partial charge in [0.2, 0.25) is 11.8 Å². The summed E-state index contributed by atoms with van der Waals surface area (Å²) in [5.74, 6) is -0.289. The Morgan fingerprint density at radius 3 is 2.48 bits per heavy atom. The summed E-state index contributed by atoms with van der Waals surface area (Å²) in [5, 5.41) is 3.15. The van der Waals surface area contributed by atoms with Crippen molar-refractivity contribution in [2.75, 3.05) is 18.0 Å². The van der Waals surface area contributed by atoms with E-state index in [1.165, 1.54) is 5.56 Å². The van der Waals surface area contributed by atoms with Crippen LogP contribution in [0.5, 0.6) is 0 Å². The number of benzene rings is 1. The molecule has 25 heavy (non-hydrogen) atoms. The number of rotatable bonds is 5. The molecule has 5 nitrogen and oxygen atoms in total. The van der Waals surface area contributed by atoms with Gasteiger partial charge < -0.3 is 16.0 Å². The van der Waals surface area contributed by atoms with Crippen molar-refractivity contribution in [1.29, 1.82) is 0 Å². The van der Waals surface area contributed by atoms with E-state index in [1.807, 2.05) is 24.3 Å². The van der Waals surface area contributed by atoms with Gasteiger partial charge in [-0.25, -0.2) is 0 Å². The van der Waals surface area contributed by atoms with Gasteiger partial charge in [0, 0.05) is 25.2 Å². The van der Waals surface area contributed by atoms with Crippen LogP contribution in [0.3, 0.4) is 0 Å². The van der Waals surface area contributed by atoms with Gasteiger partial charge in [-0.2, -0.15) is 0 Å². The molecule has 6 heteroatoms. The Labute approximate surface area is 155 Å². The van der Waals surface area contributed by atoms with E-state index >= 15 is 0 Å². The van der Waals surface area contributed by atoms with Gasteiger partial charge in [-0.15, -0.1) is 12.4 Å². The maximum atomic E-state index is 12.6. The molecule has 2 fully saturated rings. The quantitative estimate of drug-likeness (QED) is 0.841. The molecule has 0 spiro atoms. The van der Waals surface area contributed by atoms with Crippen molar-refractivity contribution in [2.45, 2.75) is 51.0 Å². The predicted octanol–water partition coefficient (Wildman–Crippen LogP) is 2.41. The molecular formula is C19H28ClN3O2. The predicted molar refractivity (Wildman–Crippen MR) is 102 cm³/mol. The fourth-order valence-corrected chi connectivity index (χ4v) is 3.84. The highest BCUT2D eigenvalue weighted by atomic mass is 35.5. The molecule has 1 aliphatic carbocycles. The molecular weight excluding hydrogens is 338 g/mol. The lowest BCUT2D eigenvalue weighted by Gasteiger charge is -2.30. The van der Waals surface area contributed by atoms with E-state index in [9.17, 15) is 9.59 Å². The average Bonchev–Trinajstić information content (AvgIpc) is 3.22. The Morgan fingerprint density at radius 1 is 1.28 bits per heavy atom. The summed E-state index contributed by atoms with van der Waals surface area (Å²) in [6, 6.07) is 8.01. The van der Waals surface area contributed by atoms with Crippen molar-refractivity contribution in [3.8, 4) is 0 Å². The first-order valence-electron chi connectivity index (χ1n) is 8.98. The Balaban J connectivity index is 0.00000225. The molecule has 2 amide bonds. The molecule has 1 atom stereocenters. The van der Waals surface area contributed by atoms with Crippen LogP contribution in [-0.2, 0) is 16.0 Å². The second kappa shape index (κ2) is 8.19. The fourth-order valence-electron chi connectivity index (χ4n) is 3.84. The van der Waals surface area contributed by atoms with Crippen LogP contribution in [0.1, 0.15) is 44.6 Å². The number of aryl methyl sites for hydroxylation is 1. The summed E-state index contributed by atoms with van der Waals surface area (Å²) in [5.41, 5.74) is 7.76. The lowest BCUT2D eigenvalue weighted by molar-refractivity contribution is -0.127. The summed E-state index contributed by atoms with van der Waals surface area (Å²) in [7, 11) is 0. The van der Waals surface area contributed by atoms with Crippen LogP contribution in [-0.4, -0.2) is 30.4 Å². The number of anilines is 1. The SMILES string of the molecule is CCc1ccc(N2CC(C(=O)NC3(CN)CCCC3)CC2=O)cc1.Cl. The first-order chi connectivity index (χ1) is 11.6. The van der Waals surface area contributed by atoms with Gasteiger partial charge in [0.05, 0.1) is 11.5 Å². The number of carbonyl (C=O) groups is 2. The minimum absolute atomic E-state index is 0. The Bertz CT molecular complexity index is 612. The maximum Gasteiger partial charge on any atom is 0.227 e. The number of nitrogens with one attached hydrogen (secondary N) is 1. The molecule has 1 heterocycles. The Morgan fingerprint density at radius 2 is 1.92 bits per heavy atom. The smallest absolute Gasteiger partial charge is 0.227 e. The normalized spacial score (nSPS) is 21.9. The van der Waals surface area contributed by atoms with Gasteiger partial charge in [-0.3, -0.25) is 9.59 Å². The average molecular weight is 366 g/mol. The Hall–Kier alpha value is -1.59. The third-order valence-electron chi connectivity index (χ3n) is 5.49. The van der Waals surface area contributed by atoms with E-state index in [2.05, 4.69) is 12.2 Å². The van der Waals surface area contributed by atoms with Crippen LogP contribution in [0.15, 0.2) is 24.3 Å². The van der Waals surface area contributed by atoms with Gasteiger partial charge in [-0.1, -0.05) is 31.9 Å². The van der Waals surface area contributed by atoms with Gasteiger partial charge >= 0.3 is 0 Å². The largest absolute Gasteiger partial charge is 0.349 e. The Kier molecular flexibility index (Phi) is 6.47. The van der Waals surface area contributed by atoms with Crippen molar-refractivity contribution in [3.05, 3.63) is 29.8 Å². The molecule has 0 aromatic heterocycles. The van der Waals surface area contributed by atoms with E-state index in [4.69, 9.17) is 5.73 Å². The van der Waals surface area contributed by atoms with E-state index in [0.29, 0.717) is 13.1 Å². The third-order valence-corrected chi connectivity index (χ3v) is 5.49. The van der Waals surface area contributed by atoms with Crippen molar-refractivity contribution >= 4 is 29.9 Å². The van der Waals surface area contributed by atoms with Gasteiger partial charge in [0.1, 0.15) is 0 Å². The molecule has 1 saturated carbocycles. The van der Waals surface area contributed by atoms with Gasteiger partial charge in [0.15, 0.2) is 0 Å². The van der Waals surface area contributed by atoms with Crippen molar-refractivity contribution in [1.82, 2.24) is 5.32 Å². The van der Waals surface area contributed by atoms with Crippen LogP contribution in [0, 0.1) is 5.92 Å². The lowest BCUT2D eigenvalue weighted by Crippen LogP contribution is -2.53. The second-order valence-corrected chi connectivity index (χ2v) is 7.11. The molecule has 138 valence electrons. The highest BCUT2D eigenvalue weighted by Gasteiger charge is 2.40. The number of carbonyl (C=O) groups excluding carboxylic acids is 2. The summed E-state index contributed by atoms with van der Waals surface area (Å²) in [4.78, 5) is 26.7. The summed E-state index contributed by atoms with van der Waals surface area (Å²) in [6.45, 7) is 3.03. The van der Waals surface area contributed by atoms with Crippen molar-refractivity contribution < 1.29 is 9.59 Å². The molecule has 1 aromatic rings. The van der Waals surface area contributed by atoms with E-state index in [0.717, 1.165) is 37.8 Å². The zero-order valence-corrected chi connectivity index (χ0v) is 15.6.